The van der Waals surface area contributed by atoms with Crippen molar-refractivity contribution in [3.05, 3.63) is 23.8 Å². The minimum atomic E-state index is 0.104. The Hall–Kier alpha value is -1.26. The number of nitrogens with one attached hydrogen (secondary N) is 1. The van der Waals surface area contributed by atoms with Crippen LogP contribution in [0.3, 0.4) is 0 Å². The number of likely N-dealkylation sites (N-methyl/N-ethyl adjacent to an activating group) is 1. The van der Waals surface area contributed by atoms with Crippen molar-refractivity contribution in [2.45, 2.75) is 19.9 Å². The Balaban J connectivity index is 2.85. The zero-order chi connectivity index (χ0) is 12.8. The summed E-state index contributed by atoms with van der Waals surface area (Å²) < 4.78 is 0. The third-order valence-corrected chi connectivity index (χ3v) is 2.87. The van der Waals surface area contributed by atoms with E-state index in [4.69, 9.17) is 5.11 Å². The molecule has 4 nitrogen and oxygen atoms in total. The topological polar surface area (TPSA) is 55.7 Å². The second-order valence-corrected chi connectivity index (χ2v) is 4.17. The number of nitrogens with zero attached hydrogens (tertiary/aromatic N) is 1. The normalized spacial score (nSPS) is 12.5. The fraction of sp³-hybridized carbons (Fsp3) is 0.538. The number of aliphatic hydroxyl groups is 1. The second-order valence-electron chi connectivity index (χ2n) is 4.17. The number of benzene rings is 1. The molecule has 0 aliphatic heterocycles. The van der Waals surface area contributed by atoms with E-state index >= 15 is 0 Å². The van der Waals surface area contributed by atoms with E-state index in [0.717, 1.165) is 17.8 Å². The summed E-state index contributed by atoms with van der Waals surface area (Å²) in [7, 11) is 1.89. The molecule has 1 atom stereocenters. The Bertz CT molecular complexity index is 355. The molecule has 0 heterocycles. The van der Waals surface area contributed by atoms with Crippen molar-refractivity contribution in [1.29, 1.82) is 0 Å². The lowest BCUT2D eigenvalue weighted by Gasteiger charge is -2.20. The maximum atomic E-state index is 9.98. The molecule has 1 unspecified atom stereocenters. The molecule has 1 rings (SSSR count). The predicted molar refractivity (Wildman–Crippen MR) is 70.6 cm³/mol. The Morgan fingerprint density at radius 1 is 1.41 bits per heavy atom. The summed E-state index contributed by atoms with van der Waals surface area (Å²) in [6.45, 7) is 5.59. The van der Waals surface area contributed by atoms with Gasteiger partial charge in [-0.05, 0) is 19.5 Å². The Labute approximate surface area is 103 Å². The monoisotopic (exact) mass is 238 g/mol. The van der Waals surface area contributed by atoms with E-state index in [-0.39, 0.29) is 12.6 Å². The van der Waals surface area contributed by atoms with Gasteiger partial charge in [-0.3, -0.25) is 0 Å². The van der Waals surface area contributed by atoms with Crippen molar-refractivity contribution in [3.8, 4) is 5.75 Å². The lowest BCUT2D eigenvalue weighted by atomic mass is 10.1. The molecule has 1 aromatic carbocycles. The van der Waals surface area contributed by atoms with Gasteiger partial charge in [0.25, 0.3) is 0 Å². The van der Waals surface area contributed by atoms with E-state index in [0.29, 0.717) is 12.3 Å². The molecule has 1 aromatic rings. The lowest BCUT2D eigenvalue weighted by Crippen LogP contribution is -2.21. The van der Waals surface area contributed by atoms with Crippen LogP contribution in [-0.4, -0.2) is 37.0 Å². The standard InChI is InChI=1S/C13H22N2O2/c1-4-14-10(2)12-6-5-11(9-13(12)17)15(3)7-8-16/h5-6,9-10,14,16-17H,4,7-8H2,1-3H3. The highest BCUT2D eigenvalue weighted by Gasteiger charge is 2.10. The largest absolute Gasteiger partial charge is 0.508 e. The first-order chi connectivity index (χ1) is 8.10. The molecule has 0 amide bonds. The van der Waals surface area contributed by atoms with E-state index < -0.39 is 0 Å². The minimum absolute atomic E-state index is 0.104. The third-order valence-electron chi connectivity index (χ3n) is 2.87. The molecular weight excluding hydrogens is 216 g/mol. The molecule has 0 aliphatic rings. The van der Waals surface area contributed by atoms with Crippen LogP contribution in [0.4, 0.5) is 5.69 Å². The van der Waals surface area contributed by atoms with Crippen molar-refractivity contribution >= 4 is 5.69 Å². The molecule has 0 fully saturated rings. The van der Waals surface area contributed by atoms with Crippen LogP contribution in [0.2, 0.25) is 0 Å². The highest BCUT2D eigenvalue weighted by atomic mass is 16.3. The van der Waals surface area contributed by atoms with E-state index in [1.165, 1.54) is 0 Å². The molecule has 17 heavy (non-hydrogen) atoms. The Morgan fingerprint density at radius 3 is 2.65 bits per heavy atom. The van der Waals surface area contributed by atoms with Gasteiger partial charge in [-0.15, -0.1) is 0 Å². The summed E-state index contributed by atoms with van der Waals surface area (Å²) >= 11 is 0. The molecular formula is C13H22N2O2. The highest BCUT2D eigenvalue weighted by Crippen LogP contribution is 2.28. The molecule has 3 N–H and O–H groups in total. The van der Waals surface area contributed by atoms with Crippen LogP contribution < -0.4 is 10.2 Å². The molecule has 0 aromatic heterocycles. The van der Waals surface area contributed by atoms with Crippen molar-refractivity contribution in [3.63, 3.8) is 0 Å². The van der Waals surface area contributed by atoms with Gasteiger partial charge in [0, 0.05) is 37.0 Å². The molecule has 96 valence electrons. The zero-order valence-corrected chi connectivity index (χ0v) is 10.8. The van der Waals surface area contributed by atoms with E-state index in [2.05, 4.69) is 5.32 Å². The molecule has 0 spiro atoms. The molecule has 0 bridgehead atoms. The third kappa shape index (κ3) is 3.61. The first-order valence-electron chi connectivity index (χ1n) is 5.98. The lowest BCUT2D eigenvalue weighted by molar-refractivity contribution is 0.304. The number of hydrogen-bond donors (Lipinski definition) is 3. The first-order valence-corrected chi connectivity index (χ1v) is 5.98. The average Bonchev–Trinajstić information content (AvgIpc) is 2.29. The number of aromatic hydroxyl groups is 1. The second kappa shape index (κ2) is 6.47. The zero-order valence-electron chi connectivity index (χ0n) is 10.8. The number of phenols is 1. The quantitative estimate of drug-likeness (QED) is 0.703. The smallest absolute Gasteiger partial charge is 0.122 e. The average molecular weight is 238 g/mol. The van der Waals surface area contributed by atoms with Gasteiger partial charge in [-0.2, -0.15) is 0 Å². The summed E-state index contributed by atoms with van der Waals surface area (Å²) in [5.74, 6) is 0.292. The van der Waals surface area contributed by atoms with Gasteiger partial charge in [0.2, 0.25) is 0 Å². The van der Waals surface area contributed by atoms with E-state index in [1.54, 1.807) is 6.07 Å². The summed E-state index contributed by atoms with van der Waals surface area (Å²) in [4.78, 5) is 1.90. The van der Waals surface area contributed by atoms with Gasteiger partial charge in [0.05, 0.1) is 6.61 Å². The van der Waals surface area contributed by atoms with E-state index in [1.807, 2.05) is 37.9 Å². The van der Waals surface area contributed by atoms with Crippen molar-refractivity contribution in [1.82, 2.24) is 5.32 Å². The molecule has 0 saturated heterocycles. The van der Waals surface area contributed by atoms with Gasteiger partial charge in [0.15, 0.2) is 0 Å². The van der Waals surface area contributed by atoms with Gasteiger partial charge in [-0.25, -0.2) is 0 Å². The highest BCUT2D eigenvalue weighted by molar-refractivity contribution is 5.53. The van der Waals surface area contributed by atoms with Gasteiger partial charge >= 0.3 is 0 Å². The van der Waals surface area contributed by atoms with Crippen LogP contribution >= 0.6 is 0 Å². The van der Waals surface area contributed by atoms with Crippen LogP contribution in [0.25, 0.3) is 0 Å². The maximum Gasteiger partial charge on any atom is 0.122 e. The van der Waals surface area contributed by atoms with Crippen LogP contribution in [-0.2, 0) is 0 Å². The summed E-state index contributed by atoms with van der Waals surface area (Å²) in [5.41, 5.74) is 1.80. The molecule has 0 radical (unpaired) electrons. The fourth-order valence-corrected chi connectivity index (χ4v) is 1.83. The van der Waals surface area contributed by atoms with E-state index in [9.17, 15) is 5.11 Å². The van der Waals surface area contributed by atoms with Crippen molar-refractivity contribution < 1.29 is 10.2 Å². The van der Waals surface area contributed by atoms with Crippen molar-refractivity contribution in [2.24, 2.45) is 0 Å². The summed E-state index contributed by atoms with van der Waals surface area (Å²) in [6, 6.07) is 5.75. The molecule has 0 saturated carbocycles. The Morgan fingerprint density at radius 2 is 2.12 bits per heavy atom. The van der Waals surface area contributed by atoms with Crippen LogP contribution in [0.5, 0.6) is 5.75 Å². The van der Waals surface area contributed by atoms with Crippen LogP contribution in [0.1, 0.15) is 25.5 Å². The summed E-state index contributed by atoms with van der Waals surface area (Å²) in [6.07, 6.45) is 0. The number of phenolic OH excluding ortho intramolecular Hbond substituents is 1. The predicted octanol–water partition coefficient (Wildman–Crippen LogP) is 1.49. The van der Waals surface area contributed by atoms with Gasteiger partial charge < -0.3 is 20.4 Å². The van der Waals surface area contributed by atoms with Gasteiger partial charge in [-0.1, -0.05) is 13.0 Å². The Kier molecular flexibility index (Phi) is 5.25. The summed E-state index contributed by atoms with van der Waals surface area (Å²) in [5, 5.41) is 22.1. The van der Waals surface area contributed by atoms with Gasteiger partial charge in [0.1, 0.15) is 5.75 Å². The maximum absolute atomic E-state index is 9.98. The SMILES string of the molecule is CCNC(C)c1ccc(N(C)CCO)cc1O. The number of rotatable bonds is 6. The number of hydrogen-bond acceptors (Lipinski definition) is 4. The number of anilines is 1. The van der Waals surface area contributed by atoms with Crippen LogP contribution in [0, 0.1) is 0 Å². The number of aliphatic hydroxyl groups excluding tert-OH is 1. The first kappa shape index (κ1) is 13.8. The minimum Gasteiger partial charge on any atom is -0.508 e. The van der Waals surface area contributed by atoms with Crippen molar-refractivity contribution in [2.75, 3.05) is 31.6 Å². The fourth-order valence-electron chi connectivity index (χ4n) is 1.83. The molecule has 0 aliphatic carbocycles. The molecule has 4 heteroatoms. The van der Waals surface area contributed by atoms with Crippen LogP contribution in [0.15, 0.2) is 18.2 Å².